The summed E-state index contributed by atoms with van der Waals surface area (Å²) in [6.45, 7) is -0.220. The zero-order valence-electron chi connectivity index (χ0n) is 10.1. The molecule has 0 aliphatic heterocycles. The van der Waals surface area contributed by atoms with Gasteiger partial charge in [0.15, 0.2) is 0 Å². The lowest BCUT2D eigenvalue weighted by molar-refractivity contribution is -0.137. The summed E-state index contributed by atoms with van der Waals surface area (Å²) >= 11 is 0. The maximum atomic E-state index is 11.7. The number of nitrogens with zero attached hydrogens (tertiary/aromatic N) is 3. The largest absolute Gasteiger partial charge is 0.480 e. The van der Waals surface area contributed by atoms with E-state index < -0.39 is 17.5 Å². The van der Waals surface area contributed by atoms with Crippen molar-refractivity contribution in [1.82, 2.24) is 20.3 Å². The van der Waals surface area contributed by atoms with Crippen molar-refractivity contribution in [3.63, 3.8) is 0 Å². The Morgan fingerprint density at radius 2 is 2.20 bits per heavy atom. The first-order chi connectivity index (χ1) is 9.54. The lowest BCUT2D eigenvalue weighted by atomic mass is 10.3. The van der Waals surface area contributed by atoms with Crippen LogP contribution in [0, 0.1) is 0 Å². The van der Waals surface area contributed by atoms with Crippen LogP contribution in [0.5, 0.6) is 0 Å². The van der Waals surface area contributed by atoms with Crippen LogP contribution in [0.3, 0.4) is 0 Å². The lowest BCUT2D eigenvalue weighted by Crippen LogP contribution is -2.23. The van der Waals surface area contributed by atoms with E-state index in [1.54, 1.807) is 0 Å². The van der Waals surface area contributed by atoms with Gasteiger partial charge in [0.25, 0.3) is 5.91 Å². The average Bonchev–Trinajstić information content (AvgIpc) is 2.83. The van der Waals surface area contributed by atoms with Crippen molar-refractivity contribution < 1.29 is 19.1 Å². The molecule has 2 heterocycles. The highest BCUT2D eigenvalue weighted by Gasteiger charge is 2.08. The second-order valence-electron chi connectivity index (χ2n) is 3.83. The first-order valence-electron chi connectivity index (χ1n) is 5.52. The highest BCUT2D eigenvalue weighted by atomic mass is 16.4. The number of aliphatic carboxylic acids is 1. The smallest absolute Gasteiger partial charge is 0.335 e. The number of carbonyl (C=O) groups excluding carboxylic acids is 1. The lowest BCUT2D eigenvalue weighted by Gasteiger charge is -2.01. The van der Waals surface area contributed by atoms with Gasteiger partial charge >= 0.3 is 11.6 Å². The molecule has 2 aromatic rings. The van der Waals surface area contributed by atoms with Gasteiger partial charge in [0.1, 0.15) is 18.5 Å². The average molecular weight is 278 g/mol. The molecule has 0 aliphatic carbocycles. The molecule has 0 saturated heterocycles. The van der Waals surface area contributed by atoms with Crippen molar-refractivity contribution in [3.8, 4) is 0 Å². The molecule has 2 rings (SSSR count). The van der Waals surface area contributed by atoms with Gasteiger partial charge in [-0.2, -0.15) is 0 Å². The standard InChI is InChI=1S/C11H10N4O5/c16-9(17)5-15-4-8(13-14-15)3-12-11(19)7-1-2-10(18)20-6-7/h1-2,4,6H,3,5H2,(H,12,19)(H,16,17). The molecule has 0 aromatic carbocycles. The molecule has 1 amide bonds. The molecule has 0 radical (unpaired) electrons. The highest BCUT2D eigenvalue weighted by Crippen LogP contribution is 1.97. The molecule has 0 spiro atoms. The maximum Gasteiger partial charge on any atom is 0.335 e. The van der Waals surface area contributed by atoms with E-state index in [-0.39, 0.29) is 18.7 Å². The number of nitrogens with one attached hydrogen (secondary N) is 1. The van der Waals surface area contributed by atoms with Gasteiger partial charge in [-0.1, -0.05) is 5.21 Å². The van der Waals surface area contributed by atoms with Crippen molar-refractivity contribution in [2.75, 3.05) is 0 Å². The van der Waals surface area contributed by atoms with Gasteiger partial charge in [-0.25, -0.2) is 9.48 Å². The van der Waals surface area contributed by atoms with Crippen LogP contribution in [0.25, 0.3) is 0 Å². The third kappa shape index (κ3) is 3.51. The molecule has 2 aromatic heterocycles. The van der Waals surface area contributed by atoms with Gasteiger partial charge in [-0.15, -0.1) is 5.10 Å². The molecule has 0 unspecified atom stereocenters. The van der Waals surface area contributed by atoms with Gasteiger partial charge in [0.2, 0.25) is 0 Å². The van der Waals surface area contributed by atoms with Crippen molar-refractivity contribution in [1.29, 1.82) is 0 Å². The van der Waals surface area contributed by atoms with Crippen LogP contribution < -0.4 is 10.9 Å². The van der Waals surface area contributed by atoms with Crippen molar-refractivity contribution in [3.05, 3.63) is 46.3 Å². The minimum atomic E-state index is -1.04. The van der Waals surface area contributed by atoms with Crippen molar-refractivity contribution >= 4 is 11.9 Å². The number of carboxylic acid groups (broad SMARTS) is 1. The van der Waals surface area contributed by atoms with Crippen LogP contribution in [0.15, 0.2) is 33.8 Å². The normalized spacial score (nSPS) is 10.2. The Labute approximate surface area is 111 Å². The highest BCUT2D eigenvalue weighted by molar-refractivity contribution is 5.93. The van der Waals surface area contributed by atoms with Crippen LogP contribution in [-0.2, 0) is 17.9 Å². The second kappa shape index (κ2) is 5.78. The summed E-state index contributed by atoms with van der Waals surface area (Å²) in [6, 6.07) is 2.47. The summed E-state index contributed by atoms with van der Waals surface area (Å²) in [5, 5.41) is 18.4. The van der Waals surface area contributed by atoms with Crippen LogP contribution >= 0.6 is 0 Å². The van der Waals surface area contributed by atoms with Crippen molar-refractivity contribution in [2.45, 2.75) is 13.1 Å². The van der Waals surface area contributed by atoms with E-state index >= 15 is 0 Å². The first kappa shape index (κ1) is 13.5. The number of aromatic nitrogens is 3. The third-order valence-corrected chi connectivity index (χ3v) is 2.28. The maximum absolute atomic E-state index is 11.7. The van der Waals surface area contributed by atoms with Gasteiger partial charge in [-0.3, -0.25) is 9.59 Å². The molecule has 0 fully saturated rings. The van der Waals surface area contributed by atoms with Crippen LogP contribution in [0.1, 0.15) is 16.1 Å². The van der Waals surface area contributed by atoms with E-state index in [9.17, 15) is 14.4 Å². The van der Waals surface area contributed by atoms with Crippen LogP contribution in [0.2, 0.25) is 0 Å². The van der Waals surface area contributed by atoms with Crippen molar-refractivity contribution in [2.24, 2.45) is 0 Å². The van der Waals surface area contributed by atoms with Gasteiger partial charge < -0.3 is 14.8 Å². The summed E-state index contributed by atoms with van der Waals surface area (Å²) in [6.07, 6.45) is 2.47. The Morgan fingerprint density at radius 3 is 2.85 bits per heavy atom. The first-order valence-corrected chi connectivity index (χ1v) is 5.52. The summed E-state index contributed by atoms with van der Waals surface area (Å²) in [5.74, 6) is -1.48. The summed E-state index contributed by atoms with van der Waals surface area (Å²) in [7, 11) is 0. The number of carboxylic acids is 1. The summed E-state index contributed by atoms with van der Waals surface area (Å²) in [4.78, 5) is 32.9. The summed E-state index contributed by atoms with van der Waals surface area (Å²) < 4.78 is 5.71. The van der Waals surface area contributed by atoms with Crippen LogP contribution in [-0.4, -0.2) is 32.0 Å². The monoisotopic (exact) mass is 278 g/mol. The van der Waals surface area contributed by atoms with E-state index in [1.165, 1.54) is 12.3 Å². The number of amides is 1. The minimum absolute atomic E-state index is 0.0809. The second-order valence-corrected chi connectivity index (χ2v) is 3.83. The molecule has 2 N–H and O–H groups in total. The molecule has 0 aliphatic rings. The molecular weight excluding hydrogens is 268 g/mol. The fraction of sp³-hybridized carbons (Fsp3) is 0.182. The van der Waals surface area contributed by atoms with E-state index in [2.05, 4.69) is 20.0 Å². The fourth-order valence-corrected chi connectivity index (χ4v) is 1.40. The van der Waals surface area contributed by atoms with Gasteiger partial charge in [0.05, 0.1) is 18.3 Å². The molecule has 0 atom stereocenters. The molecule has 0 bridgehead atoms. The fourth-order valence-electron chi connectivity index (χ4n) is 1.40. The zero-order chi connectivity index (χ0) is 14.5. The Bertz CT molecular complexity index is 670. The quantitative estimate of drug-likeness (QED) is 0.736. The Balaban J connectivity index is 1.93. The molecular formula is C11H10N4O5. The number of carbonyl (C=O) groups is 2. The van der Waals surface area contributed by atoms with E-state index in [0.29, 0.717) is 5.69 Å². The predicted molar refractivity (Wildman–Crippen MR) is 63.8 cm³/mol. The molecule has 9 nitrogen and oxygen atoms in total. The number of hydrogen-bond acceptors (Lipinski definition) is 6. The molecule has 0 saturated carbocycles. The summed E-state index contributed by atoms with van der Waals surface area (Å²) in [5.41, 5.74) is 0.0673. The SMILES string of the molecule is O=C(O)Cn1cc(CNC(=O)c2ccc(=O)oc2)nn1. The zero-order valence-corrected chi connectivity index (χ0v) is 10.1. The van der Waals surface area contributed by atoms with E-state index in [4.69, 9.17) is 5.11 Å². The number of rotatable bonds is 5. The number of hydrogen-bond donors (Lipinski definition) is 2. The minimum Gasteiger partial charge on any atom is -0.480 e. The van der Waals surface area contributed by atoms with E-state index in [1.807, 2.05) is 0 Å². The Hall–Kier alpha value is -2.97. The van der Waals surface area contributed by atoms with Gasteiger partial charge in [-0.05, 0) is 6.07 Å². The predicted octanol–water partition coefficient (Wildman–Crippen LogP) is -0.754. The molecule has 20 heavy (non-hydrogen) atoms. The Morgan fingerprint density at radius 1 is 1.40 bits per heavy atom. The van der Waals surface area contributed by atoms with Gasteiger partial charge in [0, 0.05) is 6.07 Å². The Kier molecular flexibility index (Phi) is 3.89. The third-order valence-electron chi connectivity index (χ3n) is 2.28. The topological polar surface area (TPSA) is 127 Å². The molecule has 9 heteroatoms. The van der Waals surface area contributed by atoms with Crippen LogP contribution in [0.4, 0.5) is 0 Å². The molecule has 104 valence electrons. The van der Waals surface area contributed by atoms with E-state index in [0.717, 1.165) is 17.0 Å².